The molecule has 2 rings (SSSR count). The fourth-order valence-electron chi connectivity index (χ4n) is 2.38. The Morgan fingerprint density at radius 2 is 2.20 bits per heavy atom. The second kappa shape index (κ2) is 7.14. The van der Waals surface area contributed by atoms with Crippen LogP contribution in [0, 0.1) is 5.92 Å². The predicted molar refractivity (Wildman–Crippen MR) is 76.9 cm³/mol. The van der Waals surface area contributed by atoms with Gasteiger partial charge < -0.3 is 20.1 Å². The predicted octanol–water partition coefficient (Wildman–Crippen LogP) is 1.26. The summed E-state index contributed by atoms with van der Waals surface area (Å²) in [4.78, 5) is 13.7. The molecule has 0 radical (unpaired) electrons. The third-order valence-electron chi connectivity index (χ3n) is 3.68. The van der Waals surface area contributed by atoms with Crippen molar-refractivity contribution >= 4 is 6.03 Å². The molecule has 1 atom stereocenters. The van der Waals surface area contributed by atoms with E-state index < -0.39 is 0 Å². The number of nitrogens with one attached hydrogen (secondary N) is 1. The molecule has 20 heavy (non-hydrogen) atoms. The second-order valence-corrected chi connectivity index (χ2v) is 5.11. The molecule has 5 nitrogen and oxygen atoms in total. The van der Waals surface area contributed by atoms with Gasteiger partial charge in [0.25, 0.3) is 0 Å². The number of aliphatic hydroxyl groups is 1. The minimum atomic E-state index is -0.0329. The Balaban J connectivity index is 1.71. The summed E-state index contributed by atoms with van der Waals surface area (Å²) in [5.41, 5.74) is 1.17. The first-order valence-corrected chi connectivity index (χ1v) is 6.99. The van der Waals surface area contributed by atoms with Crippen LogP contribution >= 0.6 is 0 Å². The van der Waals surface area contributed by atoms with Gasteiger partial charge in [0.05, 0.1) is 7.11 Å². The Hall–Kier alpha value is -1.75. The topological polar surface area (TPSA) is 61.8 Å². The monoisotopic (exact) mass is 278 g/mol. The maximum absolute atomic E-state index is 11.9. The molecular formula is C15H22N2O3. The van der Waals surface area contributed by atoms with Gasteiger partial charge in [-0.1, -0.05) is 12.1 Å². The minimum Gasteiger partial charge on any atom is -0.497 e. The largest absolute Gasteiger partial charge is 0.497 e. The highest BCUT2D eigenvalue weighted by Gasteiger charge is 2.25. The van der Waals surface area contributed by atoms with E-state index in [0.717, 1.165) is 25.1 Å². The van der Waals surface area contributed by atoms with Crippen LogP contribution in [0.1, 0.15) is 12.0 Å². The average Bonchev–Trinajstić information content (AvgIpc) is 2.97. The molecule has 0 spiro atoms. The first-order valence-electron chi connectivity index (χ1n) is 6.99. The van der Waals surface area contributed by atoms with E-state index in [2.05, 4.69) is 5.32 Å². The van der Waals surface area contributed by atoms with E-state index in [-0.39, 0.29) is 18.6 Å². The molecule has 1 aliphatic rings. The second-order valence-electron chi connectivity index (χ2n) is 5.11. The molecular weight excluding hydrogens is 256 g/mol. The van der Waals surface area contributed by atoms with E-state index in [0.29, 0.717) is 13.1 Å². The van der Waals surface area contributed by atoms with Crippen molar-refractivity contribution in [2.45, 2.75) is 12.8 Å². The van der Waals surface area contributed by atoms with Crippen LogP contribution in [0.2, 0.25) is 0 Å². The molecule has 1 aromatic carbocycles. The summed E-state index contributed by atoms with van der Waals surface area (Å²) in [6.45, 7) is 2.17. The van der Waals surface area contributed by atoms with Crippen LogP contribution in [0.5, 0.6) is 5.75 Å². The lowest BCUT2D eigenvalue weighted by atomic mass is 10.1. The number of benzene rings is 1. The number of nitrogens with zero attached hydrogens (tertiary/aromatic N) is 1. The number of hydrogen-bond donors (Lipinski definition) is 2. The van der Waals surface area contributed by atoms with Crippen molar-refractivity contribution in [2.75, 3.05) is 33.4 Å². The van der Waals surface area contributed by atoms with Gasteiger partial charge in [0.1, 0.15) is 5.75 Å². The number of aliphatic hydroxyl groups excluding tert-OH is 1. The van der Waals surface area contributed by atoms with Crippen molar-refractivity contribution in [3.8, 4) is 5.75 Å². The number of carbonyl (C=O) groups excluding carboxylic acids is 1. The zero-order valence-electron chi connectivity index (χ0n) is 11.8. The molecule has 1 saturated heterocycles. The van der Waals surface area contributed by atoms with E-state index in [9.17, 15) is 4.79 Å². The zero-order chi connectivity index (χ0) is 14.4. The maximum Gasteiger partial charge on any atom is 0.317 e. The number of rotatable bonds is 5. The van der Waals surface area contributed by atoms with E-state index >= 15 is 0 Å². The Morgan fingerprint density at radius 3 is 2.80 bits per heavy atom. The molecule has 2 amide bonds. The normalized spacial score (nSPS) is 18.1. The maximum atomic E-state index is 11.9. The van der Waals surface area contributed by atoms with Crippen molar-refractivity contribution in [2.24, 2.45) is 5.92 Å². The van der Waals surface area contributed by atoms with Crippen LogP contribution in [0.4, 0.5) is 4.79 Å². The third kappa shape index (κ3) is 3.87. The third-order valence-corrected chi connectivity index (χ3v) is 3.68. The van der Waals surface area contributed by atoms with Crippen molar-refractivity contribution in [1.29, 1.82) is 0 Å². The van der Waals surface area contributed by atoms with Crippen LogP contribution < -0.4 is 10.1 Å². The number of likely N-dealkylation sites (tertiary alicyclic amines) is 1. The molecule has 0 aliphatic carbocycles. The lowest BCUT2D eigenvalue weighted by molar-refractivity contribution is 0.198. The van der Waals surface area contributed by atoms with Crippen molar-refractivity contribution in [3.63, 3.8) is 0 Å². The highest BCUT2D eigenvalue weighted by atomic mass is 16.5. The van der Waals surface area contributed by atoms with Gasteiger partial charge >= 0.3 is 6.03 Å². The highest BCUT2D eigenvalue weighted by Crippen LogP contribution is 2.15. The van der Waals surface area contributed by atoms with E-state index in [4.69, 9.17) is 9.84 Å². The molecule has 0 saturated carbocycles. The van der Waals surface area contributed by atoms with Gasteiger partial charge in [-0.15, -0.1) is 0 Å². The smallest absolute Gasteiger partial charge is 0.317 e. The fraction of sp³-hybridized carbons (Fsp3) is 0.533. The zero-order valence-corrected chi connectivity index (χ0v) is 11.8. The van der Waals surface area contributed by atoms with Crippen LogP contribution in [0.15, 0.2) is 24.3 Å². The number of hydrogen-bond acceptors (Lipinski definition) is 3. The van der Waals surface area contributed by atoms with E-state index in [1.807, 2.05) is 24.3 Å². The molecule has 1 fully saturated rings. The quantitative estimate of drug-likeness (QED) is 0.852. The number of urea groups is 1. The summed E-state index contributed by atoms with van der Waals surface area (Å²) >= 11 is 0. The van der Waals surface area contributed by atoms with Crippen molar-refractivity contribution in [3.05, 3.63) is 29.8 Å². The van der Waals surface area contributed by atoms with Gasteiger partial charge in [0.15, 0.2) is 0 Å². The summed E-state index contributed by atoms with van der Waals surface area (Å²) in [7, 11) is 1.64. The molecule has 0 bridgehead atoms. The average molecular weight is 278 g/mol. The summed E-state index contributed by atoms with van der Waals surface area (Å²) in [6.07, 6.45) is 1.69. The summed E-state index contributed by atoms with van der Waals surface area (Å²) in [5, 5.41) is 12.0. The van der Waals surface area contributed by atoms with Gasteiger partial charge in [0, 0.05) is 32.2 Å². The summed E-state index contributed by atoms with van der Waals surface area (Å²) < 4.78 is 5.10. The number of carbonyl (C=O) groups is 1. The Labute approximate surface area is 119 Å². The van der Waals surface area contributed by atoms with Gasteiger partial charge in [-0.25, -0.2) is 4.79 Å². The summed E-state index contributed by atoms with van der Waals surface area (Å²) in [5.74, 6) is 1.08. The minimum absolute atomic E-state index is 0.0329. The lowest BCUT2D eigenvalue weighted by Gasteiger charge is -2.17. The van der Waals surface area contributed by atoms with Gasteiger partial charge in [-0.2, -0.15) is 0 Å². The molecule has 1 aliphatic heterocycles. The van der Waals surface area contributed by atoms with Gasteiger partial charge in [-0.3, -0.25) is 0 Å². The molecule has 5 heteroatoms. The van der Waals surface area contributed by atoms with Crippen LogP contribution in [-0.4, -0.2) is 49.4 Å². The highest BCUT2D eigenvalue weighted by molar-refractivity contribution is 5.74. The van der Waals surface area contributed by atoms with Crippen molar-refractivity contribution < 1.29 is 14.6 Å². The van der Waals surface area contributed by atoms with Crippen LogP contribution in [-0.2, 0) is 6.42 Å². The lowest BCUT2D eigenvalue weighted by Crippen LogP contribution is -2.39. The fourth-order valence-corrected chi connectivity index (χ4v) is 2.38. The first-order chi connectivity index (χ1) is 9.72. The number of ether oxygens (including phenoxy) is 1. The van der Waals surface area contributed by atoms with Crippen molar-refractivity contribution in [1.82, 2.24) is 10.2 Å². The Bertz CT molecular complexity index is 433. The SMILES string of the molecule is COc1ccc(CCNC(=O)N2CC[C@@H](CO)C2)cc1. The number of methoxy groups -OCH3 is 1. The molecule has 110 valence electrons. The standard InChI is InChI=1S/C15H22N2O3/c1-20-14-4-2-12(3-5-14)6-8-16-15(19)17-9-7-13(10-17)11-18/h2-5,13,18H,6-11H2,1H3,(H,16,19)/t13-/m1/s1. The molecule has 0 aromatic heterocycles. The number of amides is 2. The van der Waals surface area contributed by atoms with Crippen LogP contribution in [0.25, 0.3) is 0 Å². The van der Waals surface area contributed by atoms with Crippen LogP contribution in [0.3, 0.4) is 0 Å². The molecule has 2 N–H and O–H groups in total. The van der Waals surface area contributed by atoms with Gasteiger partial charge in [0.2, 0.25) is 0 Å². The van der Waals surface area contributed by atoms with Gasteiger partial charge in [-0.05, 0) is 30.5 Å². The molecule has 0 unspecified atom stereocenters. The summed E-state index contributed by atoms with van der Waals surface area (Å²) in [6, 6.07) is 7.81. The van der Waals surface area contributed by atoms with E-state index in [1.165, 1.54) is 5.56 Å². The molecule has 1 heterocycles. The van der Waals surface area contributed by atoms with E-state index in [1.54, 1.807) is 12.0 Å². The molecule has 1 aromatic rings. The Morgan fingerprint density at radius 1 is 1.45 bits per heavy atom. The Kier molecular flexibility index (Phi) is 5.24. The first kappa shape index (κ1) is 14.7.